The van der Waals surface area contributed by atoms with Gasteiger partial charge in [-0.1, -0.05) is 11.3 Å². The van der Waals surface area contributed by atoms with Crippen LogP contribution in [0, 0.1) is 0 Å². The van der Waals surface area contributed by atoms with Crippen LogP contribution < -0.4 is 5.32 Å². The number of halogens is 3. The van der Waals surface area contributed by atoms with Crippen LogP contribution in [0.5, 0.6) is 0 Å². The smallest absolute Gasteiger partial charge is 0.427 e. The van der Waals surface area contributed by atoms with Gasteiger partial charge in [0.1, 0.15) is 4.88 Å². The summed E-state index contributed by atoms with van der Waals surface area (Å²) in [6.07, 6.45) is -2.61. The second-order valence-electron chi connectivity index (χ2n) is 4.40. The van der Waals surface area contributed by atoms with Gasteiger partial charge >= 0.3 is 12.3 Å². The first-order valence-corrected chi connectivity index (χ1v) is 6.84. The van der Waals surface area contributed by atoms with Crippen LogP contribution in [-0.4, -0.2) is 42.2 Å². The third-order valence-corrected chi connectivity index (χ3v) is 4.01. The van der Waals surface area contributed by atoms with Crippen LogP contribution in [0.4, 0.5) is 23.1 Å². The number of carbonyl (C=O) groups is 1. The third-order valence-electron chi connectivity index (χ3n) is 3.04. The molecule has 0 unspecified atom stereocenters. The molecule has 0 atom stereocenters. The van der Waals surface area contributed by atoms with Crippen molar-refractivity contribution in [2.45, 2.75) is 25.1 Å². The number of hydrogen-bond acceptors (Lipinski definition) is 5. The summed E-state index contributed by atoms with van der Waals surface area (Å²) in [6, 6.07) is 0.0168. The van der Waals surface area contributed by atoms with Gasteiger partial charge in [-0.25, -0.2) is 9.78 Å². The summed E-state index contributed by atoms with van der Waals surface area (Å²) in [6.45, 7) is 1.03. The average Bonchev–Trinajstić information content (AvgIpc) is 2.87. The van der Waals surface area contributed by atoms with Gasteiger partial charge in [0.15, 0.2) is 5.13 Å². The lowest BCUT2D eigenvalue weighted by atomic mass is 10.1. The first-order valence-electron chi connectivity index (χ1n) is 6.02. The van der Waals surface area contributed by atoms with E-state index in [1.54, 1.807) is 4.90 Å². The van der Waals surface area contributed by atoms with Crippen LogP contribution in [0.25, 0.3) is 0 Å². The van der Waals surface area contributed by atoms with Crippen molar-refractivity contribution in [1.29, 1.82) is 0 Å². The van der Waals surface area contributed by atoms with E-state index < -0.39 is 11.1 Å². The van der Waals surface area contributed by atoms with Crippen molar-refractivity contribution >= 4 is 22.6 Å². The molecule has 0 aliphatic carbocycles. The molecular formula is C11H14F3N3O2S. The van der Waals surface area contributed by atoms with Crippen LogP contribution >= 0.6 is 11.3 Å². The number of rotatable bonds is 2. The number of alkyl halides is 3. The largest absolute Gasteiger partial charge is 0.453 e. The van der Waals surface area contributed by atoms with Crippen molar-refractivity contribution < 1.29 is 22.7 Å². The zero-order valence-corrected chi connectivity index (χ0v) is 11.6. The number of aromatic nitrogens is 1. The standard InChI is InChI=1S/C11H14F3N3O2S/c1-19-10(18)17-4-2-7(3-5-17)16-9-15-6-8(20-9)11(12,13)14/h6-7H,2-5H2,1H3,(H,15,16). The topological polar surface area (TPSA) is 54.5 Å². The zero-order valence-electron chi connectivity index (χ0n) is 10.7. The van der Waals surface area contributed by atoms with Gasteiger partial charge in [-0.15, -0.1) is 0 Å². The van der Waals surface area contributed by atoms with Gasteiger partial charge in [0, 0.05) is 19.1 Å². The van der Waals surface area contributed by atoms with E-state index in [1.165, 1.54) is 7.11 Å². The SMILES string of the molecule is COC(=O)N1CCC(Nc2ncc(C(F)(F)F)s2)CC1. The molecule has 5 nitrogen and oxygen atoms in total. The molecule has 0 spiro atoms. The molecule has 0 aromatic carbocycles. The average molecular weight is 309 g/mol. The Morgan fingerprint density at radius 1 is 1.50 bits per heavy atom. The van der Waals surface area contributed by atoms with Gasteiger partial charge in [-0.3, -0.25) is 0 Å². The minimum atomic E-state index is -4.36. The molecule has 1 saturated heterocycles. The van der Waals surface area contributed by atoms with Crippen LogP contribution in [-0.2, 0) is 10.9 Å². The van der Waals surface area contributed by atoms with E-state index in [9.17, 15) is 18.0 Å². The van der Waals surface area contributed by atoms with E-state index in [-0.39, 0.29) is 17.3 Å². The number of amides is 1. The summed E-state index contributed by atoms with van der Waals surface area (Å²) in [5.74, 6) is 0. The molecule has 9 heteroatoms. The maximum atomic E-state index is 12.4. The molecule has 0 bridgehead atoms. The molecule has 1 aliphatic rings. The Kier molecular flexibility index (Phi) is 4.36. The lowest BCUT2D eigenvalue weighted by Crippen LogP contribution is -2.42. The van der Waals surface area contributed by atoms with Gasteiger partial charge in [-0.2, -0.15) is 13.2 Å². The highest BCUT2D eigenvalue weighted by atomic mass is 32.1. The molecule has 1 amide bonds. The molecular weight excluding hydrogens is 295 g/mol. The van der Waals surface area contributed by atoms with E-state index in [1.807, 2.05) is 0 Å². The van der Waals surface area contributed by atoms with E-state index in [0.29, 0.717) is 37.3 Å². The Morgan fingerprint density at radius 3 is 2.65 bits per heavy atom. The maximum absolute atomic E-state index is 12.4. The van der Waals surface area contributed by atoms with Crippen molar-refractivity contribution in [2.24, 2.45) is 0 Å². The molecule has 112 valence electrons. The monoisotopic (exact) mass is 309 g/mol. The number of carbonyl (C=O) groups excluding carboxylic acids is 1. The minimum absolute atomic E-state index is 0.0168. The zero-order chi connectivity index (χ0) is 14.8. The Labute approximate surface area is 117 Å². The van der Waals surface area contributed by atoms with E-state index >= 15 is 0 Å². The van der Waals surface area contributed by atoms with Gasteiger partial charge in [0.25, 0.3) is 0 Å². The Balaban J connectivity index is 1.87. The normalized spacial score (nSPS) is 17.1. The molecule has 1 fully saturated rings. The number of likely N-dealkylation sites (tertiary alicyclic amines) is 1. The molecule has 0 radical (unpaired) electrons. The predicted octanol–water partition coefficient (Wildman–Crippen LogP) is 2.80. The first kappa shape index (κ1) is 14.9. The molecule has 0 saturated carbocycles. The second-order valence-corrected chi connectivity index (χ2v) is 5.43. The molecule has 20 heavy (non-hydrogen) atoms. The first-order chi connectivity index (χ1) is 9.40. The van der Waals surface area contributed by atoms with Crippen molar-refractivity contribution in [2.75, 3.05) is 25.5 Å². The summed E-state index contributed by atoms with van der Waals surface area (Å²) >= 11 is 0.593. The molecule has 1 aromatic heterocycles. The fourth-order valence-electron chi connectivity index (χ4n) is 1.98. The molecule has 2 rings (SSSR count). The summed E-state index contributed by atoms with van der Waals surface area (Å²) in [4.78, 5) is 15.9. The van der Waals surface area contributed by atoms with Crippen molar-refractivity contribution in [3.63, 3.8) is 0 Å². The number of hydrogen-bond donors (Lipinski definition) is 1. The van der Waals surface area contributed by atoms with Gasteiger partial charge < -0.3 is 15.0 Å². The van der Waals surface area contributed by atoms with Crippen molar-refractivity contribution in [3.05, 3.63) is 11.1 Å². The second kappa shape index (κ2) is 5.86. The number of anilines is 1. The Hall–Kier alpha value is -1.51. The highest BCUT2D eigenvalue weighted by molar-refractivity contribution is 7.15. The van der Waals surface area contributed by atoms with Crippen LogP contribution in [0.3, 0.4) is 0 Å². The number of methoxy groups -OCH3 is 1. The minimum Gasteiger partial charge on any atom is -0.453 e. The van der Waals surface area contributed by atoms with Crippen molar-refractivity contribution in [3.8, 4) is 0 Å². The molecule has 1 aromatic rings. The fourth-order valence-corrected chi connectivity index (χ4v) is 2.74. The van der Waals surface area contributed by atoms with Gasteiger partial charge in [0.05, 0.1) is 13.3 Å². The van der Waals surface area contributed by atoms with E-state index in [0.717, 1.165) is 6.20 Å². The Bertz CT molecular complexity index is 470. The highest BCUT2D eigenvalue weighted by Crippen LogP contribution is 2.35. The van der Waals surface area contributed by atoms with E-state index in [2.05, 4.69) is 15.0 Å². The Morgan fingerprint density at radius 2 is 2.15 bits per heavy atom. The van der Waals surface area contributed by atoms with Crippen LogP contribution in [0.1, 0.15) is 17.7 Å². The maximum Gasteiger partial charge on any atom is 0.427 e. The third kappa shape index (κ3) is 3.53. The molecule has 2 heterocycles. The summed E-state index contributed by atoms with van der Waals surface area (Å²) in [5.41, 5.74) is 0. The number of thiazole rings is 1. The number of nitrogens with zero attached hydrogens (tertiary/aromatic N) is 2. The van der Waals surface area contributed by atoms with Crippen LogP contribution in [0.2, 0.25) is 0 Å². The lowest BCUT2D eigenvalue weighted by Gasteiger charge is -2.31. The van der Waals surface area contributed by atoms with Gasteiger partial charge in [0.2, 0.25) is 0 Å². The summed E-state index contributed by atoms with van der Waals surface area (Å²) in [5, 5.41) is 3.24. The van der Waals surface area contributed by atoms with Gasteiger partial charge in [-0.05, 0) is 12.8 Å². The van der Waals surface area contributed by atoms with E-state index in [4.69, 9.17) is 0 Å². The number of piperidine rings is 1. The number of ether oxygens (including phenoxy) is 1. The fraction of sp³-hybridized carbons (Fsp3) is 0.636. The highest BCUT2D eigenvalue weighted by Gasteiger charge is 2.33. The quantitative estimate of drug-likeness (QED) is 0.913. The lowest BCUT2D eigenvalue weighted by molar-refractivity contribution is -0.134. The van der Waals surface area contributed by atoms with Crippen molar-refractivity contribution in [1.82, 2.24) is 9.88 Å². The summed E-state index contributed by atoms with van der Waals surface area (Å²) in [7, 11) is 1.32. The molecule has 1 N–H and O–H groups in total. The summed E-state index contributed by atoms with van der Waals surface area (Å²) < 4.78 is 41.9. The predicted molar refractivity (Wildman–Crippen MR) is 67.7 cm³/mol. The molecule has 1 aliphatic heterocycles. The van der Waals surface area contributed by atoms with Crippen LogP contribution in [0.15, 0.2) is 6.20 Å². The number of nitrogens with one attached hydrogen (secondary N) is 1.